The number of anilines is 2. The molecule has 0 bridgehead atoms. The second kappa shape index (κ2) is 7.92. The van der Waals surface area contributed by atoms with E-state index < -0.39 is 12.0 Å². The first-order chi connectivity index (χ1) is 14.2. The van der Waals surface area contributed by atoms with Gasteiger partial charge in [-0.3, -0.25) is 4.79 Å². The predicted molar refractivity (Wildman–Crippen MR) is 106 cm³/mol. The first-order valence-corrected chi connectivity index (χ1v) is 9.78. The molecular formula is C18H15Cl2F3N6O. The van der Waals surface area contributed by atoms with Crippen LogP contribution in [0.5, 0.6) is 0 Å². The molecule has 1 aromatic carbocycles. The van der Waals surface area contributed by atoms with Crippen LogP contribution in [0.3, 0.4) is 0 Å². The van der Waals surface area contributed by atoms with Gasteiger partial charge >= 0.3 is 6.18 Å². The van der Waals surface area contributed by atoms with Gasteiger partial charge in [0.25, 0.3) is 5.82 Å². The minimum atomic E-state index is -4.65. The molecule has 0 saturated carbocycles. The molecule has 2 aromatic heterocycles. The lowest BCUT2D eigenvalue weighted by molar-refractivity contribution is -0.146. The van der Waals surface area contributed by atoms with Crippen LogP contribution in [-0.2, 0) is 11.0 Å². The number of halogens is 5. The maximum atomic E-state index is 13.1. The van der Waals surface area contributed by atoms with Crippen molar-refractivity contribution in [2.24, 2.45) is 5.92 Å². The average Bonchev–Trinajstić information content (AvgIpc) is 3.14. The summed E-state index contributed by atoms with van der Waals surface area (Å²) in [6, 6.07) is 7.88. The van der Waals surface area contributed by atoms with Gasteiger partial charge in [0.1, 0.15) is 5.82 Å². The zero-order chi connectivity index (χ0) is 21.5. The third-order valence-corrected chi connectivity index (χ3v) is 5.62. The molecule has 0 spiro atoms. The quantitative estimate of drug-likeness (QED) is 0.632. The first kappa shape index (κ1) is 20.7. The standard InChI is InChI=1S/C18H15Cl2F3N6O/c19-12-2-1-11(9-13(12)20)24-16(30)10-5-7-28(8-6-10)15-4-3-14-25-26-17(18(21,22)23)29(14)27-15/h1-4,9-10H,5-8H2,(H,24,30). The lowest BCUT2D eigenvalue weighted by atomic mass is 9.96. The summed E-state index contributed by atoms with van der Waals surface area (Å²) in [6.45, 7) is 0.947. The molecule has 3 aromatic rings. The smallest absolute Gasteiger partial charge is 0.355 e. The van der Waals surface area contributed by atoms with Crippen molar-refractivity contribution in [2.45, 2.75) is 19.0 Å². The molecule has 1 aliphatic rings. The van der Waals surface area contributed by atoms with E-state index in [4.69, 9.17) is 23.2 Å². The van der Waals surface area contributed by atoms with Crippen LogP contribution in [0.2, 0.25) is 10.0 Å². The molecule has 3 heterocycles. The molecule has 30 heavy (non-hydrogen) atoms. The van der Waals surface area contributed by atoms with Gasteiger partial charge < -0.3 is 10.2 Å². The molecule has 1 aliphatic heterocycles. The third-order valence-electron chi connectivity index (χ3n) is 4.88. The monoisotopic (exact) mass is 458 g/mol. The summed E-state index contributed by atoms with van der Waals surface area (Å²) in [7, 11) is 0. The Morgan fingerprint density at radius 1 is 1.07 bits per heavy atom. The lowest BCUT2D eigenvalue weighted by Crippen LogP contribution is -2.38. The number of amides is 1. The number of nitrogens with one attached hydrogen (secondary N) is 1. The van der Waals surface area contributed by atoms with Crippen molar-refractivity contribution in [2.75, 3.05) is 23.3 Å². The summed E-state index contributed by atoms with van der Waals surface area (Å²) in [6.07, 6.45) is -3.59. The zero-order valence-electron chi connectivity index (χ0n) is 15.3. The fourth-order valence-electron chi connectivity index (χ4n) is 3.31. The number of aromatic nitrogens is 4. The molecule has 1 N–H and O–H groups in total. The van der Waals surface area contributed by atoms with Crippen LogP contribution < -0.4 is 10.2 Å². The fourth-order valence-corrected chi connectivity index (χ4v) is 3.61. The number of carbonyl (C=O) groups is 1. The number of alkyl halides is 3. The van der Waals surface area contributed by atoms with E-state index in [1.54, 1.807) is 24.3 Å². The number of hydrogen-bond acceptors (Lipinski definition) is 5. The molecule has 12 heteroatoms. The van der Waals surface area contributed by atoms with Crippen molar-refractivity contribution in [1.82, 2.24) is 19.8 Å². The maximum absolute atomic E-state index is 13.1. The second-order valence-corrected chi connectivity index (χ2v) is 7.68. The summed E-state index contributed by atoms with van der Waals surface area (Å²) in [5, 5.41) is 14.3. The molecule has 4 rings (SSSR count). The van der Waals surface area contributed by atoms with Gasteiger partial charge in [0.15, 0.2) is 5.65 Å². The highest BCUT2D eigenvalue weighted by atomic mass is 35.5. The normalized spacial score (nSPS) is 15.6. The number of piperidine rings is 1. The Balaban J connectivity index is 1.42. The van der Waals surface area contributed by atoms with E-state index in [2.05, 4.69) is 20.6 Å². The SMILES string of the molecule is O=C(Nc1ccc(Cl)c(Cl)c1)C1CCN(c2ccc3nnc(C(F)(F)F)n3n2)CC1. The number of benzene rings is 1. The van der Waals surface area contributed by atoms with E-state index in [9.17, 15) is 18.0 Å². The van der Waals surface area contributed by atoms with E-state index in [0.717, 1.165) is 0 Å². The Bertz CT molecular complexity index is 1100. The van der Waals surface area contributed by atoms with Crippen molar-refractivity contribution in [3.05, 3.63) is 46.2 Å². The Morgan fingerprint density at radius 3 is 2.47 bits per heavy atom. The molecular weight excluding hydrogens is 444 g/mol. The molecule has 1 saturated heterocycles. The molecule has 1 fully saturated rings. The van der Waals surface area contributed by atoms with Crippen LogP contribution in [0.25, 0.3) is 5.65 Å². The van der Waals surface area contributed by atoms with E-state index in [0.29, 0.717) is 52.0 Å². The lowest BCUT2D eigenvalue weighted by Gasteiger charge is -2.32. The van der Waals surface area contributed by atoms with E-state index >= 15 is 0 Å². The Morgan fingerprint density at radius 2 is 1.80 bits per heavy atom. The van der Waals surface area contributed by atoms with Gasteiger partial charge in [-0.25, -0.2) is 0 Å². The number of rotatable bonds is 3. The molecule has 1 amide bonds. The summed E-state index contributed by atoms with van der Waals surface area (Å²) in [5.74, 6) is -1.18. The highest BCUT2D eigenvalue weighted by molar-refractivity contribution is 6.42. The summed E-state index contributed by atoms with van der Waals surface area (Å²) >= 11 is 11.8. The minimum absolute atomic E-state index is 0.0157. The van der Waals surface area contributed by atoms with Crippen LogP contribution >= 0.6 is 23.2 Å². The Labute approximate surface area is 178 Å². The summed E-state index contributed by atoms with van der Waals surface area (Å²) in [4.78, 5) is 14.4. The van der Waals surface area contributed by atoms with Gasteiger partial charge in [-0.05, 0) is 43.2 Å². The van der Waals surface area contributed by atoms with E-state index in [1.807, 2.05) is 4.90 Å². The molecule has 0 unspecified atom stereocenters. The van der Waals surface area contributed by atoms with Crippen molar-refractivity contribution >= 4 is 46.3 Å². The number of nitrogens with zero attached hydrogens (tertiary/aromatic N) is 5. The van der Waals surface area contributed by atoms with Crippen LogP contribution in [0.15, 0.2) is 30.3 Å². The Kier molecular flexibility index (Phi) is 5.46. The topological polar surface area (TPSA) is 75.4 Å². The van der Waals surface area contributed by atoms with E-state index in [1.165, 1.54) is 6.07 Å². The number of carbonyl (C=O) groups excluding carboxylic acids is 1. The largest absolute Gasteiger partial charge is 0.453 e. The van der Waals surface area contributed by atoms with Crippen LogP contribution in [-0.4, -0.2) is 38.8 Å². The van der Waals surface area contributed by atoms with Gasteiger partial charge in [0.05, 0.1) is 10.0 Å². The van der Waals surface area contributed by atoms with Gasteiger partial charge in [0, 0.05) is 24.7 Å². The summed E-state index contributed by atoms with van der Waals surface area (Å²) in [5.41, 5.74) is 0.568. The van der Waals surface area contributed by atoms with Crippen molar-refractivity contribution < 1.29 is 18.0 Å². The zero-order valence-corrected chi connectivity index (χ0v) is 16.8. The highest BCUT2D eigenvalue weighted by Crippen LogP contribution is 2.29. The van der Waals surface area contributed by atoms with Crippen LogP contribution in [0.4, 0.5) is 24.7 Å². The molecule has 0 aliphatic carbocycles. The first-order valence-electron chi connectivity index (χ1n) is 9.03. The van der Waals surface area contributed by atoms with Crippen LogP contribution in [0, 0.1) is 5.92 Å². The van der Waals surface area contributed by atoms with E-state index in [-0.39, 0.29) is 17.5 Å². The average molecular weight is 459 g/mol. The second-order valence-electron chi connectivity index (χ2n) is 6.86. The van der Waals surface area contributed by atoms with Gasteiger partial charge in [-0.15, -0.1) is 15.3 Å². The van der Waals surface area contributed by atoms with Crippen molar-refractivity contribution in [3.63, 3.8) is 0 Å². The van der Waals surface area contributed by atoms with Crippen molar-refractivity contribution in [1.29, 1.82) is 0 Å². The minimum Gasteiger partial charge on any atom is -0.355 e. The molecule has 158 valence electrons. The molecule has 7 nitrogen and oxygen atoms in total. The Hall–Kier alpha value is -2.59. The fraction of sp³-hybridized carbons (Fsp3) is 0.333. The summed E-state index contributed by atoms with van der Waals surface area (Å²) < 4.78 is 39.9. The molecule has 0 atom stereocenters. The number of hydrogen-bond donors (Lipinski definition) is 1. The predicted octanol–water partition coefficient (Wildman–Crippen LogP) is 4.31. The molecule has 0 radical (unpaired) electrons. The van der Waals surface area contributed by atoms with Gasteiger partial charge in [0.2, 0.25) is 5.91 Å². The van der Waals surface area contributed by atoms with Gasteiger partial charge in [-0.1, -0.05) is 23.2 Å². The highest BCUT2D eigenvalue weighted by Gasteiger charge is 2.38. The van der Waals surface area contributed by atoms with Gasteiger partial charge in [-0.2, -0.15) is 17.7 Å². The van der Waals surface area contributed by atoms with Crippen molar-refractivity contribution in [3.8, 4) is 0 Å². The maximum Gasteiger partial charge on any atom is 0.453 e. The third kappa shape index (κ3) is 4.15. The van der Waals surface area contributed by atoms with Crippen LogP contribution in [0.1, 0.15) is 18.7 Å². The number of fused-ring (bicyclic) bond motifs is 1.